The van der Waals surface area contributed by atoms with Crippen LogP contribution in [0.2, 0.25) is 5.02 Å². The number of H-pyrrole nitrogens is 1. The Labute approximate surface area is 128 Å². The molecule has 1 aliphatic rings. The molecule has 0 radical (unpaired) electrons. The Morgan fingerprint density at radius 3 is 2.70 bits per heavy atom. The largest absolute Gasteiger partial charge is 0.294 e. The van der Waals surface area contributed by atoms with Crippen LogP contribution in [0.5, 0.6) is 0 Å². The van der Waals surface area contributed by atoms with Gasteiger partial charge in [-0.05, 0) is 40.9 Å². The van der Waals surface area contributed by atoms with Crippen LogP contribution >= 0.6 is 27.5 Å². The molecule has 1 aromatic heterocycles. The van der Waals surface area contributed by atoms with Crippen LogP contribution in [-0.2, 0) is 0 Å². The highest BCUT2D eigenvalue weighted by Crippen LogP contribution is 2.35. The molecule has 0 spiro atoms. The molecule has 1 aromatic carbocycles. The second-order valence-electron chi connectivity index (χ2n) is 5.06. The lowest BCUT2D eigenvalue weighted by molar-refractivity contribution is 0.624. The van der Waals surface area contributed by atoms with E-state index in [-0.39, 0.29) is 10.6 Å². The Hall–Kier alpha value is -1.07. The molecule has 2 aromatic rings. The Balaban J connectivity index is 2.07. The van der Waals surface area contributed by atoms with Crippen LogP contribution in [0, 0.1) is 5.82 Å². The summed E-state index contributed by atoms with van der Waals surface area (Å²) >= 11 is 9.02. The summed E-state index contributed by atoms with van der Waals surface area (Å²) in [7, 11) is 0. The lowest BCUT2D eigenvalue weighted by Gasteiger charge is -2.07. The summed E-state index contributed by atoms with van der Waals surface area (Å²) in [5.74, 6) is -0.167. The van der Waals surface area contributed by atoms with E-state index in [2.05, 4.69) is 21.0 Å². The minimum atomic E-state index is -0.538. The lowest BCUT2D eigenvalue weighted by Crippen LogP contribution is -2.14. The number of hydrogen-bond donors (Lipinski definition) is 1. The zero-order chi connectivity index (χ0) is 14.3. The molecule has 0 unspecified atom stereocenters. The molecular weight excluding hydrogens is 347 g/mol. The average Bonchev–Trinajstić information content (AvgIpc) is 3.04. The highest BCUT2D eigenvalue weighted by molar-refractivity contribution is 9.10. The predicted octanol–water partition coefficient (Wildman–Crippen LogP) is 4.38. The van der Waals surface area contributed by atoms with Crippen LogP contribution in [0.25, 0.3) is 5.69 Å². The molecule has 6 heteroatoms. The van der Waals surface area contributed by atoms with Crippen LogP contribution < -0.4 is 5.56 Å². The quantitative estimate of drug-likeness (QED) is 0.849. The summed E-state index contributed by atoms with van der Waals surface area (Å²) in [6, 6.07) is 4.32. The van der Waals surface area contributed by atoms with Crippen molar-refractivity contribution in [2.75, 3.05) is 0 Å². The minimum Gasteiger partial charge on any atom is -0.294 e. The Kier molecular flexibility index (Phi) is 3.73. The van der Waals surface area contributed by atoms with Crippen molar-refractivity contribution in [2.24, 2.45) is 0 Å². The first kappa shape index (κ1) is 13.9. The van der Waals surface area contributed by atoms with E-state index in [9.17, 15) is 9.18 Å². The highest BCUT2D eigenvalue weighted by atomic mass is 79.9. The SMILES string of the molecule is O=c1c(Br)c(C2CCCC2)[nH]n1-c1ccc(Cl)c(F)c1. The molecule has 0 saturated heterocycles. The third-order valence-electron chi connectivity index (χ3n) is 3.78. The maximum absolute atomic E-state index is 13.5. The Bertz CT molecular complexity index is 704. The van der Waals surface area contributed by atoms with Crippen molar-refractivity contribution in [1.29, 1.82) is 0 Å². The van der Waals surface area contributed by atoms with Gasteiger partial charge in [0.05, 0.1) is 16.4 Å². The van der Waals surface area contributed by atoms with E-state index in [1.165, 1.54) is 29.7 Å². The Morgan fingerprint density at radius 2 is 2.05 bits per heavy atom. The summed E-state index contributed by atoms with van der Waals surface area (Å²) in [6.45, 7) is 0. The number of nitrogens with zero attached hydrogens (tertiary/aromatic N) is 1. The van der Waals surface area contributed by atoms with Crippen LogP contribution in [0.3, 0.4) is 0 Å². The molecular formula is C14H13BrClFN2O. The van der Waals surface area contributed by atoms with Crippen molar-refractivity contribution in [3.05, 3.63) is 49.6 Å². The molecule has 0 atom stereocenters. The van der Waals surface area contributed by atoms with E-state index >= 15 is 0 Å². The van der Waals surface area contributed by atoms with Crippen molar-refractivity contribution in [3.8, 4) is 5.69 Å². The average molecular weight is 360 g/mol. The monoisotopic (exact) mass is 358 g/mol. The van der Waals surface area contributed by atoms with Crippen molar-refractivity contribution in [1.82, 2.24) is 9.78 Å². The van der Waals surface area contributed by atoms with Gasteiger partial charge in [-0.25, -0.2) is 9.07 Å². The standard InChI is InChI=1S/C14H13BrClFN2O/c15-12-13(8-3-1-2-4-8)18-19(14(12)20)9-5-6-10(16)11(17)7-9/h5-8,18H,1-4H2. The van der Waals surface area contributed by atoms with Gasteiger partial charge in [-0.3, -0.25) is 9.89 Å². The van der Waals surface area contributed by atoms with Crippen LogP contribution in [0.15, 0.2) is 27.5 Å². The van der Waals surface area contributed by atoms with Crippen molar-refractivity contribution in [2.45, 2.75) is 31.6 Å². The first-order valence-corrected chi connectivity index (χ1v) is 7.71. The van der Waals surface area contributed by atoms with Gasteiger partial charge in [0, 0.05) is 12.0 Å². The van der Waals surface area contributed by atoms with Crippen molar-refractivity contribution in [3.63, 3.8) is 0 Å². The third kappa shape index (κ3) is 2.33. The van der Waals surface area contributed by atoms with Gasteiger partial charge in [0.1, 0.15) is 10.3 Å². The van der Waals surface area contributed by atoms with Crippen LogP contribution in [-0.4, -0.2) is 9.78 Å². The lowest BCUT2D eigenvalue weighted by atomic mass is 10.1. The van der Waals surface area contributed by atoms with Gasteiger partial charge in [0.15, 0.2) is 0 Å². The minimum absolute atomic E-state index is 0.0448. The highest BCUT2D eigenvalue weighted by Gasteiger charge is 2.24. The molecule has 106 valence electrons. The fourth-order valence-corrected chi connectivity index (χ4v) is 3.43. The molecule has 0 bridgehead atoms. The first-order chi connectivity index (χ1) is 9.58. The number of halogens is 3. The van der Waals surface area contributed by atoms with E-state index in [1.54, 1.807) is 6.07 Å². The van der Waals surface area contributed by atoms with Crippen LogP contribution in [0.1, 0.15) is 37.3 Å². The maximum atomic E-state index is 13.5. The van der Waals surface area contributed by atoms with Gasteiger partial charge in [-0.15, -0.1) is 0 Å². The second kappa shape index (κ2) is 5.37. The summed E-state index contributed by atoms with van der Waals surface area (Å²) in [5.41, 5.74) is 1.15. The van der Waals surface area contributed by atoms with Gasteiger partial charge in [-0.2, -0.15) is 0 Å². The summed E-state index contributed by atoms with van der Waals surface area (Å²) in [6.07, 6.45) is 4.51. The molecule has 3 rings (SSSR count). The number of nitrogens with one attached hydrogen (secondary N) is 1. The number of aromatic nitrogens is 2. The Morgan fingerprint density at radius 1 is 1.35 bits per heavy atom. The molecule has 20 heavy (non-hydrogen) atoms. The molecule has 1 aliphatic carbocycles. The van der Waals surface area contributed by atoms with E-state index in [0.29, 0.717) is 16.1 Å². The summed E-state index contributed by atoms with van der Waals surface area (Å²) < 4.78 is 15.4. The van der Waals surface area contributed by atoms with E-state index in [0.717, 1.165) is 18.5 Å². The molecule has 0 aliphatic heterocycles. The first-order valence-electron chi connectivity index (χ1n) is 6.54. The smallest absolute Gasteiger partial charge is 0.285 e. The molecule has 0 amide bonds. The topological polar surface area (TPSA) is 37.8 Å². The number of benzene rings is 1. The zero-order valence-electron chi connectivity index (χ0n) is 10.6. The molecule has 3 nitrogen and oxygen atoms in total. The predicted molar refractivity (Wildman–Crippen MR) is 80.3 cm³/mol. The van der Waals surface area contributed by atoms with E-state index in [4.69, 9.17) is 11.6 Å². The molecule has 1 heterocycles. The van der Waals surface area contributed by atoms with Gasteiger partial charge in [0.2, 0.25) is 0 Å². The molecule has 1 fully saturated rings. The normalized spacial score (nSPS) is 15.9. The van der Waals surface area contributed by atoms with Gasteiger partial charge in [0.25, 0.3) is 5.56 Å². The van der Waals surface area contributed by atoms with Gasteiger partial charge in [-0.1, -0.05) is 24.4 Å². The number of hydrogen-bond acceptors (Lipinski definition) is 1. The van der Waals surface area contributed by atoms with Crippen molar-refractivity contribution < 1.29 is 4.39 Å². The maximum Gasteiger partial charge on any atom is 0.285 e. The van der Waals surface area contributed by atoms with E-state index < -0.39 is 5.82 Å². The molecule has 1 saturated carbocycles. The number of aromatic amines is 1. The van der Waals surface area contributed by atoms with Crippen LogP contribution in [0.4, 0.5) is 4.39 Å². The number of rotatable bonds is 2. The van der Waals surface area contributed by atoms with E-state index in [1.807, 2.05) is 0 Å². The fourth-order valence-electron chi connectivity index (χ4n) is 2.72. The van der Waals surface area contributed by atoms with Gasteiger partial charge < -0.3 is 0 Å². The third-order valence-corrected chi connectivity index (χ3v) is 4.86. The fraction of sp³-hybridized carbons (Fsp3) is 0.357. The molecule has 1 N–H and O–H groups in total. The van der Waals surface area contributed by atoms with Crippen molar-refractivity contribution >= 4 is 27.5 Å². The second-order valence-corrected chi connectivity index (χ2v) is 6.26. The van der Waals surface area contributed by atoms with Gasteiger partial charge >= 0.3 is 0 Å². The zero-order valence-corrected chi connectivity index (χ0v) is 13.0. The summed E-state index contributed by atoms with van der Waals surface area (Å²) in [5, 5.41) is 3.15. The summed E-state index contributed by atoms with van der Waals surface area (Å²) in [4.78, 5) is 12.3.